The van der Waals surface area contributed by atoms with Crippen molar-refractivity contribution in [2.24, 2.45) is 5.73 Å². The van der Waals surface area contributed by atoms with Crippen molar-refractivity contribution >= 4 is 20.7 Å². The summed E-state index contributed by atoms with van der Waals surface area (Å²) >= 11 is 0. The van der Waals surface area contributed by atoms with Crippen LogP contribution in [0.25, 0.3) is 4.91 Å². The Balaban J connectivity index is 2.74. The van der Waals surface area contributed by atoms with Gasteiger partial charge in [-0.05, 0) is 6.08 Å². The maximum atomic E-state index is 11.1. The van der Waals surface area contributed by atoms with Gasteiger partial charge in [0.15, 0.2) is 0 Å². The Bertz CT molecular complexity index is 590. The van der Waals surface area contributed by atoms with Gasteiger partial charge in [0.25, 0.3) is 10.1 Å². The second-order valence-electron chi connectivity index (χ2n) is 3.36. The van der Waals surface area contributed by atoms with Gasteiger partial charge < -0.3 is 11.1 Å². The van der Waals surface area contributed by atoms with Crippen LogP contribution in [0.3, 0.4) is 0 Å². The molecule has 83 valence electrons. The van der Waals surface area contributed by atoms with Gasteiger partial charge in [0.2, 0.25) is 0 Å². The smallest absolute Gasteiger partial charge is 0.294 e. The number of nitrogens with one attached hydrogen (secondary N) is 1. The van der Waals surface area contributed by atoms with E-state index in [9.17, 15) is 8.42 Å². The third-order valence-corrected chi connectivity index (χ3v) is 3.21. The van der Waals surface area contributed by atoms with Crippen LogP contribution in [-0.2, 0) is 10.1 Å². The van der Waals surface area contributed by atoms with Gasteiger partial charge in [-0.3, -0.25) is 4.55 Å². The predicted octanol–water partition coefficient (Wildman–Crippen LogP) is 0.787. The average molecular weight is 237 g/mol. The lowest BCUT2D eigenvalue weighted by molar-refractivity contribution is 0.496. The van der Waals surface area contributed by atoms with Crippen LogP contribution in [-0.4, -0.2) is 18.7 Å². The van der Waals surface area contributed by atoms with Crippen LogP contribution in [0.4, 0.5) is 0 Å². The Kier molecular flexibility index (Phi) is 2.42. The van der Waals surface area contributed by atoms with Crippen molar-refractivity contribution in [3.05, 3.63) is 47.5 Å². The van der Waals surface area contributed by atoms with E-state index in [1.54, 1.807) is 18.2 Å². The highest BCUT2D eigenvalue weighted by atomic mass is 32.2. The van der Waals surface area contributed by atoms with E-state index in [1.807, 2.05) is 0 Å². The molecule has 5 nitrogen and oxygen atoms in total. The summed E-state index contributed by atoms with van der Waals surface area (Å²) in [6.45, 7) is 0. The first kappa shape index (κ1) is 11.0. The second kappa shape index (κ2) is 3.51. The minimum absolute atomic E-state index is 0.0197. The van der Waals surface area contributed by atoms with Crippen LogP contribution in [0.1, 0.15) is 11.1 Å². The molecule has 1 aliphatic rings. The molecule has 1 aliphatic carbocycles. The summed E-state index contributed by atoms with van der Waals surface area (Å²) in [5.74, 6) is 0. The first-order valence-corrected chi connectivity index (χ1v) is 5.85. The molecule has 0 atom stereocenters. The van der Waals surface area contributed by atoms with E-state index >= 15 is 0 Å². The maximum absolute atomic E-state index is 11.1. The number of benzene rings is 1. The average Bonchev–Trinajstić information content (AvgIpc) is 2.22. The third-order valence-electron chi connectivity index (χ3n) is 2.32. The summed E-state index contributed by atoms with van der Waals surface area (Å²) in [6.07, 6.45) is 1.10. The van der Waals surface area contributed by atoms with E-state index in [1.165, 1.54) is 6.07 Å². The van der Waals surface area contributed by atoms with E-state index < -0.39 is 10.1 Å². The molecular weight excluding hydrogens is 228 g/mol. The number of hydrogen-bond acceptors (Lipinski definition) is 4. The zero-order valence-corrected chi connectivity index (χ0v) is 8.95. The molecule has 0 amide bonds. The lowest BCUT2D eigenvalue weighted by Gasteiger charge is -2.20. The lowest BCUT2D eigenvalue weighted by Crippen LogP contribution is -2.25. The van der Waals surface area contributed by atoms with E-state index in [2.05, 4.69) is 0 Å². The molecule has 0 fully saturated rings. The Hall–Kier alpha value is -1.50. The number of hydrogen-bond donors (Lipinski definition) is 3. The standard InChI is InChI=1S/C10H9N2O3S/c11-8-5-9(16(13,14)15)6-3-1-2-4-7(6)10(8)12/h1-5,12H,11H2,(H,13,14,15). The molecule has 1 radical (unpaired) electrons. The fourth-order valence-electron chi connectivity index (χ4n) is 1.58. The largest absolute Gasteiger partial charge is 0.315 e. The first-order valence-electron chi connectivity index (χ1n) is 4.41. The molecule has 1 aromatic rings. The zero-order chi connectivity index (χ0) is 11.9. The van der Waals surface area contributed by atoms with Crippen LogP contribution in [0, 0.1) is 11.5 Å². The molecule has 0 saturated carbocycles. The minimum atomic E-state index is -4.33. The van der Waals surface area contributed by atoms with Crippen LogP contribution in [0.2, 0.25) is 0 Å². The van der Waals surface area contributed by atoms with Crippen LogP contribution in [0.15, 0.2) is 30.3 Å². The molecule has 2 rings (SSSR count). The molecule has 0 aliphatic heterocycles. The van der Waals surface area contributed by atoms with Crippen molar-refractivity contribution < 1.29 is 13.0 Å². The molecule has 0 aromatic heterocycles. The summed E-state index contributed by atoms with van der Waals surface area (Å²) < 4.78 is 31.4. The third kappa shape index (κ3) is 1.67. The van der Waals surface area contributed by atoms with E-state index in [0.29, 0.717) is 11.1 Å². The van der Waals surface area contributed by atoms with Gasteiger partial charge in [-0.1, -0.05) is 24.3 Å². The molecule has 16 heavy (non-hydrogen) atoms. The van der Waals surface area contributed by atoms with Gasteiger partial charge in [0.1, 0.15) is 10.9 Å². The van der Waals surface area contributed by atoms with Crippen LogP contribution >= 0.6 is 0 Å². The first-order chi connectivity index (χ1) is 7.41. The monoisotopic (exact) mass is 237 g/mol. The molecule has 1 aromatic carbocycles. The SMILES string of the molecule is N=C1[C](N)C=C(S(=O)(=O)O)c2ccccc21. The summed E-state index contributed by atoms with van der Waals surface area (Å²) in [7, 11) is -4.33. The van der Waals surface area contributed by atoms with Gasteiger partial charge >= 0.3 is 0 Å². The molecule has 6 heteroatoms. The predicted molar refractivity (Wildman–Crippen MR) is 60.2 cm³/mol. The summed E-state index contributed by atoms with van der Waals surface area (Å²) in [5.41, 5.74) is 6.27. The van der Waals surface area contributed by atoms with Gasteiger partial charge in [0, 0.05) is 11.1 Å². The molecule has 0 saturated heterocycles. The zero-order valence-electron chi connectivity index (χ0n) is 8.14. The molecular formula is C10H9N2O3S. The topological polar surface area (TPSA) is 104 Å². The molecule has 0 bridgehead atoms. The van der Waals surface area contributed by atoms with Gasteiger partial charge in [-0.25, -0.2) is 0 Å². The quantitative estimate of drug-likeness (QED) is 0.628. The number of rotatable bonds is 1. The van der Waals surface area contributed by atoms with Gasteiger partial charge in [0.05, 0.1) is 5.71 Å². The van der Waals surface area contributed by atoms with Crippen LogP contribution in [0.5, 0.6) is 0 Å². The van der Waals surface area contributed by atoms with Crippen molar-refractivity contribution in [3.63, 3.8) is 0 Å². The van der Waals surface area contributed by atoms with E-state index in [4.69, 9.17) is 15.7 Å². The second-order valence-corrected chi connectivity index (χ2v) is 4.75. The number of fused-ring (bicyclic) bond motifs is 1. The molecule has 0 unspecified atom stereocenters. The molecule has 0 heterocycles. The maximum Gasteiger partial charge on any atom is 0.294 e. The van der Waals surface area contributed by atoms with Crippen molar-refractivity contribution in [2.75, 3.05) is 0 Å². The summed E-state index contributed by atoms with van der Waals surface area (Å²) in [6, 6.07) is 6.44. The Morgan fingerprint density at radius 2 is 1.75 bits per heavy atom. The van der Waals surface area contributed by atoms with E-state index in [0.717, 1.165) is 6.08 Å². The lowest BCUT2D eigenvalue weighted by atomic mass is 9.92. The van der Waals surface area contributed by atoms with Crippen molar-refractivity contribution in [1.82, 2.24) is 0 Å². The highest BCUT2D eigenvalue weighted by Gasteiger charge is 2.28. The number of nitrogens with two attached hydrogens (primary N) is 1. The summed E-state index contributed by atoms with van der Waals surface area (Å²) in [5, 5.41) is 7.69. The van der Waals surface area contributed by atoms with Crippen molar-refractivity contribution in [2.45, 2.75) is 0 Å². The Labute approximate surface area is 92.8 Å². The molecule has 0 spiro atoms. The highest BCUT2D eigenvalue weighted by Crippen LogP contribution is 2.31. The fourth-order valence-corrected chi connectivity index (χ4v) is 2.31. The normalized spacial score (nSPS) is 16.9. The fraction of sp³-hybridized carbons (Fsp3) is 0. The van der Waals surface area contributed by atoms with Crippen molar-refractivity contribution in [1.29, 1.82) is 5.41 Å². The van der Waals surface area contributed by atoms with Gasteiger partial charge in [-0.2, -0.15) is 8.42 Å². The van der Waals surface area contributed by atoms with Gasteiger partial charge in [-0.15, -0.1) is 0 Å². The van der Waals surface area contributed by atoms with E-state index in [-0.39, 0.29) is 16.7 Å². The van der Waals surface area contributed by atoms with Crippen LogP contribution < -0.4 is 5.73 Å². The molecule has 4 N–H and O–H groups in total. The Morgan fingerprint density at radius 1 is 1.19 bits per heavy atom. The van der Waals surface area contributed by atoms with Crippen molar-refractivity contribution in [3.8, 4) is 0 Å². The summed E-state index contributed by atoms with van der Waals surface area (Å²) in [4.78, 5) is -0.267. The highest BCUT2D eigenvalue weighted by molar-refractivity contribution is 7.95. The Morgan fingerprint density at radius 3 is 2.31 bits per heavy atom. The minimum Gasteiger partial charge on any atom is -0.315 e.